The molecule has 0 bridgehead atoms. The molecule has 6 aromatic rings. The van der Waals surface area contributed by atoms with Gasteiger partial charge in [0.05, 0.1) is 17.7 Å². The molecular formula is C29H24Cl2N2O6. The normalized spacial score (nSPS) is 10.6. The van der Waals surface area contributed by atoms with E-state index in [1.54, 1.807) is 12.4 Å². The van der Waals surface area contributed by atoms with Crippen LogP contribution in [0.4, 0.5) is 0 Å². The number of aromatic nitrogens is 2. The van der Waals surface area contributed by atoms with Crippen LogP contribution in [-0.2, 0) is 23.0 Å². The van der Waals surface area contributed by atoms with E-state index in [1.807, 2.05) is 72.8 Å². The maximum absolute atomic E-state index is 8.35. The minimum atomic E-state index is 0.000577. The van der Waals surface area contributed by atoms with Gasteiger partial charge in [0, 0.05) is 11.1 Å². The van der Waals surface area contributed by atoms with Gasteiger partial charge in [-0.1, -0.05) is 60.7 Å². The first kappa shape index (κ1) is 28.3. The second-order valence-electron chi connectivity index (χ2n) is 8.04. The van der Waals surface area contributed by atoms with Crippen molar-refractivity contribution >= 4 is 44.7 Å². The number of rotatable bonds is 6. The van der Waals surface area contributed by atoms with Gasteiger partial charge in [-0.25, -0.2) is 19.7 Å². The highest BCUT2D eigenvalue weighted by Gasteiger charge is 2.08. The van der Waals surface area contributed by atoms with Crippen LogP contribution in [0.5, 0.6) is 0 Å². The maximum atomic E-state index is 8.35. The summed E-state index contributed by atoms with van der Waals surface area (Å²) in [5, 5.41) is 21.5. The smallest absolute Gasteiger partial charge is 0.226 e. The Morgan fingerprint density at radius 2 is 0.974 bits per heavy atom. The van der Waals surface area contributed by atoms with E-state index in [9.17, 15) is 0 Å². The number of hydrogen-bond donors (Lipinski definition) is 2. The molecule has 0 atom stereocenters. The molecule has 0 radical (unpaired) electrons. The molecule has 2 aromatic heterocycles. The molecule has 0 spiro atoms. The van der Waals surface area contributed by atoms with Crippen molar-refractivity contribution in [3.8, 4) is 22.9 Å². The zero-order valence-electron chi connectivity index (χ0n) is 20.5. The van der Waals surface area contributed by atoms with Gasteiger partial charge in [0.15, 0.2) is 11.5 Å². The summed E-state index contributed by atoms with van der Waals surface area (Å²) in [7, 11) is 0. The summed E-state index contributed by atoms with van der Waals surface area (Å²) in [6.07, 6.45) is 3.08. The Bertz CT molecular complexity index is 1500. The van der Waals surface area contributed by atoms with E-state index in [4.69, 9.17) is 42.6 Å². The number of benzene rings is 4. The van der Waals surface area contributed by atoms with Crippen LogP contribution < -0.4 is 0 Å². The molecular weight excluding hydrogens is 543 g/mol. The van der Waals surface area contributed by atoms with Gasteiger partial charge in [0.25, 0.3) is 0 Å². The van der Waals surface area contributed by atoms with Gasteiger partial charge in [-0.15, -0.1) is 23.2 Å². The number of alkyl halides is 2. The van der Waals surface area contributed by atoms with Crippen molar-refractivity contribution in [2.75, 3.05) is 5.34 Å². The highest BCUT2D eigenvalue weighted by Crippen LogP contribution is 2.25. The van der Waals surface area contributed by atoms with Gasteiger partial charge in [0.1, 0.15) is 13.2 Å². The summed E-state index contributed by atoms with van der Waals surface area (Å²) in [6, 6.07) is 28.2. The standard InChI is InChI=1S/2C14H11NO3.CH2Cl2/c2*16-17-9-13-8-15-14(18-13)12-6-5-10-3-1-2-4-11(10)7-12;2-1-3/h2*1-8,16H,9H2;1H2. The third-order valence-corrected chi connectivity index (χ3v) is 5.51. The third kappa shape index (κ3) is 7.64. The van der Waals surface area contributed by atoms with Crippen LogP contribution in [0.1, 0.15) is 11.5 Å². The quantitative estimate of drug-likeness (QED) is 0.117. The van der Waals surface area contributed by atoms with Crippen LogP contribution in [0.3, 0.4) is 0 Å². The molecule has 10 heteroatoms. The SMILES string of the molecule is ClCCl.OOCc1cnc(-c2ccc3ccccc3c2)o1.OOCc1cnc(-c2ccc3ccccc3c2)o1. The van der Waals surface area contributed by atoms with Crippen LogP contribution in [-0.4, -0.2) is 25.8 Å². The second kappa shape index (κ2) is 14.4. The van der Waals surface area contributed by atoms with Crippen molar-refractivity contribution in [2.24, 2.45) is 0 Å². The minimum absolute atomic E-state index is 0.000577. The molecule has 0 amide bonds. The third-order valence-electron chi connectivity index (χ3n) is 5.51. The average Bonchev–Trinajstić information content (AvgIpc) is 3.64. The molecule has 0 saturated carbocycles. The van der Waals surface area contributed by atoms with E-state index >= 15 is 0 Å². The van der Waals surface area contributed by atoms with Crippen molar-refractivity contribution in [1.29, 1.82) is 0 Å². The molecule has 8 nitrogen and oxygen atoms in total. The Morgan fingerprint density at radius 1 is 0.590 bits per heavy atom. The first-order chi connectivity index (χ1) is 19.1. The fourth-order valence-corrected chi connectivity index (χ4v) is 3.79. The lowest BCUT2D eigenvalue weighted by atomic mass is 10.1. The van der Waals surface area contributed by atoms with E-state index in [1.165, 1.54) is 10.8 Å². The largest absolute Gasteiger partial charge is 0.439 e. The molecule has 0 saturated heterocycles. The Kier molecular flexibility index (Phi) is 10.4. The van der Waals surface area contributed by atoms with Gasteiger partial charge in [0.2, 0.25) is 11.8 Å². The molecule has 0 fully saturated rings. The van der Waals surface area contributed by atoms with Crippen molar-refractivity contribution in [3.05, 3.63) is 109 Å². The van der Waals surface area contributed by atoms with Gasteiger partial charge >= 0.3 is 0 Å². The first-order valence-electron chi connectivity index (χ1n) is 11.7. The Labute approximate surface area is 233 Å². The summed E-state index contributed by atoms with van der Waals surface area (Å²) in [5.41, 5.74) is 1.80. The second-order valence-corrected chi connectivity index (χ2v) is 8.84. The van der Waals surface area contributed by atoms with Crippen LogP contribution >= 0.6 is 23.2 Å². The highest BCUT2D eigenvalue weighted by atomic mass is 35.5. The lowest BCUT2D eigenvalue weighted by Gasteiger charge is -2.00. The van der Waals surface area contributed by atoms with E-state index in [2.05, 4.69) is 31.9 Å². The lowest BCUT2D eigenvalue weighted by Crippen LogP contribution is -1.82. The average molecular weight is 567 g/mol. The maximum Gasteiger partial charge on any atom is 0.226 e. The molecule has 2 N–H and O–H groups in total. The number of fused-ring (bicyclic) bond motifs is 2. The van der Waals surface area contributed by atoms with Crippen LogP contribution in [0, 0.1) is 0 Å². The molecule has 0 aliphatic carbocycles. The topological polar surface area (TPSA) is 111 Å². The highest BCUT2D eigenvalue weighted by molar-refractivity contribution is 6.40. The Morgan fingerprint density at radius 3 is 1.36 bits per heavy atom. The van der Waals surface area contributed by atoms with E-state index in [-0.39, 0.29) is 18.6 Å². The van der Waals surface area contributed by atoms with Gasteiger partial charge in [-0.3, -0.25) is 10.5 Å². The van der Waals surface area contributed by atoms with Crippen molar-refractivity contribution < 1.29 is 29.1 Å². The molecule has 200 valence electrons. The van der Waals surface area contributed by atoms with Gasteiger partial charge in [-0.2, -0.15) is 0 Å². The van der Waals surface area contributed by atoms with E-state index < -0.39 is 0 Å². The lowest BCUT2D eigenvalue weighted by molar-refractivity contribution is -0.256. The fourth-order valence-electron chi connectivity index (χ4n) is 3.79. The Hall–Kier alpha value is -3.76. The summed E-state index contributed by atoms with van der Waals surface area (Å²) in [4.78, 5) is 16.3. The molecule has 39 heavy (non-hydrogen) atoms. The Balaban J connectivity index is 0.000000165. The van der Waals surface area contributed by atoms with Crippen LogP contribution in [0.25, 0.3) is 44.5 Å². The molecule has 6 rings (SSSR count). The summed E-state index contributed by atoms with van der Waals surface area (Å²) >= 11 is 9.53. The number of oxazole rings is 2. The van der Waals surface area contributed by atoms with Crippen LogP contribution in [0.15, 0.2) is 106 Å². The summed E-state index contributed by atoms with van der Waals surface area (Å²) in [5.74, 6) is 2.02. The molecule has 0 aliphatic rings. The predicted octanol–water partition coefficient (Wildman–Crippen LogP) is 8.39. The monoisotopic (exact) mass is 566 g/mol. The van der Waals surface area contributed by atoms with E-state index in [0.717, 1.165) is 21.9 Å². The zero-order valence-corrected chi connectivity index (χ0v) is 22.0. The van der Waals surface area contributed by atoms with Crippen LogP contribution in [0.2, 0.25) is 0 Å². The zero-order chi connectivity index (χ0) is 27.5. The fraction of sp³-hybridized carbons (Fsp3) is 0.103. The summed E-state index contributed by atoms with van der Waals surface area (Å²) < 4.78 is 10.9. The molecule has 0 aliphatic heterocycles. The van der Waals surface area contributed by atoms with E-state index in [0.29, 0.717) is 23.3 Å². The van der Waals surface area contributed by atoms with Gasteiger partial charge in [-0.05, 0) is 45.8 Å². The molecule has 0 unspecified atom stereocenters. The summed E-state index contributed by atoms with van der Waals surface area (Å²) in [6.45, 7) is 0.00115. The van der Waals surface area contributed by atoms with Crippen molar-refractivity contribution in [2.45, 2.75) is 13.2 Å². The predicted molar refractivity (Wildman–Crippen MR) is 150 cm³/mol. The van der Waals surface area contributed by atoms with Gasteiger partial charge < -0.3 is 8.83 Å². The first-order valence-corrected chi connectivity index (χ1v) is 12.7. The van der Waals surface area contributed by atoms with Crippen molar-refractivity contribution in [1.82, 2.24) is 9.97 Å². The molecule has 4 aromatic carbocycles. The van der Waals surface area contributed by atoms with Crippen molar-refractivity contribution in [3.63, 3.8) is 0 Å². The minimum Gasteiger partial charge on any atom is -0.439 e. The number of nitrogens with zero attached hydrogens (tertiary/aromatic N) is 2. The molecule has 2 heterocycles. The number of halogens is 2. The number of hydrogen-bond acceptors (Lipinski definition) is 8.